The fourth-order valence-electron chi connectivity index (χ4n) is 1.75. The molecule has 0 atom stereocenters. The first-order valence-electron chi connectivity index (χ1n) is 5.22. The van der Waals surface area contributed by atoms with Gasteiger partial charge in [0.1, 0.15) is 5.75 Å². The minimum atomic E-state index is 0.342. The van der Waals surface area contributed by atoms with E-state index in [0.717, 1.165) is 11.5 Å². The van der Waals surface area contributed by atoms with Crippen molar-refractivity contribution >= 4 is 11.3 Å². The van der Waals surface area contributed by atoms with Crippen LogP contribution in [0.2, 0.25) is 0 Å². The highest BCUT2D eigenvalue weighted by Crippen LogP contribution is 2.45. The largest absolute Gasteiger partial charge is 0.508 e. The molecule has 0 bridgehead atoms. The molecule has 0 unspecified atom stereocenters. The number of hydrogen-bond acceptors (Lipinski definition) is 2. The molecular weight excluding hydrogens is 204 g/mol. The SMILES string of the molecule is Oc1cccc(-c2ccc(C3CC3)s2)c1. The topological polar surface area (TPSA) is 20.2 Å². The number of benzene rings is 1. The Morgan fingerprint density at radius 3 is 2.73 bits per heavy atom. The summed E-state index contributed by atoms with van der Waals surface area (Å²) >= 11 is 1.85. The van der Waals surface area contributed by atoms with E-state index >= 15 is 0 Å². The summed E-state index contributed by atoms with van der Waals surface area (Å²) < 4.78 is 0. The van der Waals surface area contributed by atoms with Gasteiger partial charge in [0.15, 0.2) is 0 Å². The Labute approximate surface area is 93.0 Å². The molecule has 0 spiro atoms. The van der Waals surface area contributed by atoms with Gasteiger partial charge in [-0.15, -0.1) is 11.3 Å². The third-order valence-electron chi connectivity index (χ3n) is 2.74. The highest BCUT2D eigenvalue weighted by atomic mass is 32.1. The van der Waals surface area contributed by atoms with Crippen molar-refractivity contribution in [3.63, 3.8) is 0 Å². The summed E-state index contributed by atoms with van der Waals surface area (Å²) in [6.07, 6.45) is 2.69. The maximum absolute atomic E-state index is 9.41. The summed E-state index contributed by atoms with van der Waals surface area (Å²) in [7, 11) is 0. The average molecular weight is 216 g/mol. The van der Waals surface area contributed by atoms with Crippen LogP contribution in [0.3, 0.4) is 0 Å². The summed E-state index contributed by atoms with van der Waals surface area (Å²) in [5.41, 5.74) is 1.12. The fourth-order valence-corrected chi connectivity index (χ4v) is 2.93. The van der Waals surface area contributed by atoms with Crippen molar-refractivity contribution < 1.29 is 5.11 Å². The van der Waals surface area contributed by atoms with Gasteiger partial charge in [-0.25, -0.2) is 0 Å². The summed E-state index contributed by atoms with van der Waals surface area (Å²) in [6, 6.07) is 11.8. The molecule has 1 saturated carbocycles. The van der Waals surface area contributed by atoms with E-state index in [4.69, 9.17) is 0 Å². The van der Waals surface area contributed by atoms with Crippen LogP contribution in [0.15, 0.2) is 36.4 Å². The maximum atomic E-state index is 9.41. The number of hydrogen-bond donors (Lipinski definition) is 1. The highest BCUT2D eigenvalue weighted by molar-refractivity contribution is 7.15. The van der Waals surface area contributed by atoms with Crippen molar-refractivity contribution in [3.05, 3.63) is 41.3 Å². The standard InChI is InChI=1S/C13H12OS/c14-11-3-1-2-10(8-11)13-7-6-12(15-13)9-4-5-9/h1-3,6-9,14H,4-5H2. The van der Waals surface area contributed by atoms with Crippen molar-refractivity contribution in [2.24, 2.45) is 0 Å². The van der Waals surface area contributed by atoms with E-state index in [2.05, 4.69) is 12.1 Å². The molecule has 1 aromatic heterocycles. The van der Waals surface area contributed by atoms with Crippen LogP contribution in [-0.4, -0.2) is 5.11 Å². The van der Waals surface area contributed by atoms with Gasteiger partial charge in [-0.3, -0.25) is 0 Å². The molecule has 1 nitrogen and oxygen atoms in total. The lowest BCUT2D eigenvalue weighted by Crippen LogP contribution is -1.70. The number of thiophene rings is 1. The van der Waals surface area contributed by atoms with E-state index in [1.807, 2.05) is 29.5 Å². The second-order valence-electron chi connectivity index (χ2n) is 4.03. The van der Waals surface area contributed by atoms with Gasteiger partial charge in [0.25, 0.3) is 0 Å². The number of aromatic hydroxyl groups is 1. The second-order valence-corrected chi connectivity index (χ2v) is 5.14. The third-order valence-corrected chi connectivity index (χ3v) is 4.03. The molecule has 0 amide bonds. The molecule has 0 radical (unpaired) electrons. The zero-order chi connectivity index (χ0) is 10.3. The fraction of sp³-hybridized carbons (Fsp3) is 0.231. The Bertz CT molecular complexity index is 483. The molecule has 3 rings (SSSR count). The number of rotatable bonds is 2. The first-order valence-corrected chi connectivity index (χ1v) is 6.04. The van der Waals surface area contributed by atoms with Crippen molar-refractivity contribution in [2.45, 2.75) is 18.8 Å². The van der Waals surface area contributed by atoms with Gasteiger partial charge in [0.2, 0.25) is 0 Å². The Kier molecular flexibility index (Phi) is 2.03. The van der Waals surface area contributed by atoms with E-state index < -0.39 is 0 Å². The molecule has 15 heavy (non-hydrogen) atoms. The molecule has 1 aliphatic rings. The lowest BCUT2D eigenvalue weighted by Gasteiger charge is -1.97. The zero-order valence-electron chi connectivity index (χ0n) is 8.31. The molecular formula is C13H12OS. The van der Waals surface area contributed by atoms with E-state index in [9.17, 15) is 5.11 Å². The van der Waals surface area contributed by atoms with Crippen LogP contribution < -0.4 is 0 Å². The lowest BCUT2D eigenvalue weighted by atomic mass is 10.2. The molecule has 1 heterocycles. The van der Waals surface area contributed by atoms with Gasteiger partial charge >= 0.3 is 0 Å². The summed E-state index contributed by atoms with van der Waals surface area (Å²) in [5, 5.41) is 9.41. The molecule has 0 aliphatic heterocycles. The summed E-state index contributed by atoms with van der Waals surface area (Å²) in [5.74, 6) is 1.16. The zero-order valence-corrected chi connectivity index (χ0v) is 9.13. The van der Waals surface area contributed by atoms with Crippen LogP contribution in [0.5, 0.6) is 5.75 Å². The van der Waals surface area contributed by atoms with Crippen molar-refractivity contribution in [1.82, 2.24) is 0 Å². The Balaban J connectivity index is 1.97. The lowest BCUT2D eigenvalue weighted by molar-refractivity contribution is 0.475. The van der Waals surface area contributed by atoms with Crippen LogP contribution in [0.1, 0.15) is 23.6 Å². The summed E-state index contributed by atoms with van der Waals surface area (Å²) in [4.78, 5) is 2.75. The Morgan fingerprint density at radius 2 is 2.00 bits per heavy atom. The van der Waals surface area contributed by atoms with E-state index in [-0.39, 0.29) is 0 Å². The smallest absolute Gasteiger partial charge is 0.116 e. The molecule has 0 saturated heterocycles. The van der Waals surface area contributed by atoms with Crippen molar-refractivity contribution in [1.29, 1.82) is 0 Å². The molecule has 1 fully saturated rings. The minimum Gasteiger partial charge on any atom is -0.508 e. The third kappa shape index (κ3) is 1.77. The van der Waals surface area contributed by atoms with E-state index in [0.29, 0.717) is 5.75 Å². The quantitative estimate of drug-likeness (QED) is 0.804. The van der Waals surface area contributed by atoms with Gasteiger partial charge in [0.05, 0.1) is 0 Å². The first kappa shape index (κ1) is 8.98. The van der Waals surface area contributed by atoms with Crippen LogP contribution in [0.4, 0.5) is 0 Å². The van der Waals surface area contributed by atoms with E-state index in [1.54, 1.807) is 6.07 Å². The minimum absolute atomic E-state index is 0.342. The van der Waals surface area contributed by atoms with E-state index in [1.165, 1.54) is 22.6 Å². The number of phenols is 1. The Morgan fingerprint density at radius 1 is 1.13 bits per heavy atom. The van der Waals surface area contributed by atoms with Crippen LogP contribution >= 0.6 is 11.3 Å². The predicted octanol–water partition coefficient (Wildman–Crippen LogP) is 4.00. The van der Waals surface area contributed by atoms with Crippen molar-refractivity contribution in [2.75, 3.05) is 0 Å². The maximum Gasteiger partial charge on any atom is 0.116 e. The molecule has 2 aromatic rings. The van der Waals surface area contributed by atoms with Gasteiger partial charge in [-0.1, -0.05) is 12.1 Å². The average Bonchev–Trinajstić information content (AvgIpc) is 2.97. The first-order chi connectivity index (χ1) is 7.33. The molecule has 76 valence electrons. The van der Waals surface area contributed by atoms with Crippen LogP contribution in [0, 0.1) is 0 Å². The highest BCUT2D eigenvalue weighted by Gasteiger charge is 2.25. The van der Waals surface area contributed by atoms with Crippen LogP contribution in [0.25, 0.3) is 10.4 Å². The monoisotopic (exact) mass is 216 g/mol. The molecule has 1 aliphatic carbocycles. The van der Waals surface area contributed by atoms with Crippen molar-refractivity contribution in [3.8, 4) is 16.2 Å². The molecule has 1 N–H and O–H groups in total. The van der Waals surface area contributed by atoms with Gasteiger partial charge in [-0.2, -0.15) is 0 Å². The van der Waals surface area contributed by atoms with Gasteiger partial charge < -0.3 is 5.11 Å². The Hall–Kier alpha value is -1.28. The number of phenolic OH excluding ortho intramolecular Hbond substituents is 1. The molecule has 2 heteroatoms. The summed E-state index contributed by atoms with van der Waals surface area (Å²) in [6.45, 7) is 0. The second kappa shape index (κ2) is 3.38. The normalized spacial score (nSPS) is 15.5. The van der Waals surface area contributed by atoms with Crippen LogP contribution in [-0.2, 0) is 0 Å². The predicted molar refractivity (Wildman–Crippen MR) is 63.4 cm³/mol. The van der Waals surface area contributed by atoms with Gasteiger partial charge in [-0.05, 0) is 48.6 Å². The van der Waals surface area contributed by atoms with Gasteiger partial charge in [0, 0.05) is 9.75 Å². The molecule has 1 aromatic carbocycles.